The van der Waals surface area contributed by atoms with Crippen LogP contribution in [-0.4, -0.2) is 0 Å². The van der Waals surface area contributed by atoms with Gasteiger partial charge >= 0.3 is 0 Å². The lowest BCUT2D eigenvalue weighted by Gasteiger charge is -2.09. The van der Waals surface area contributed by atoms with E-state index in [0.717, 1.165) is 6.07 Å². The van der Waals surface area contributed by atoms with Crippen LogP contribution in [-0.2, 0) is 0 Å². The third-order valence-corrected chi connectivity index (χ3v) is 2.28. The van der Waals surface area contributed by atoms with Crippen molar-refractivity contribution in [2.75, 3.05) is 5.32 Å². The van der Waals surface area contributed by atoms with E-state index >= 15 is 0 Å². The normalized spacial score (nSPS) is 9.71. The minimum absolute atomic E-state index is 0.189. The Balaban J connectivity index is 2.35. The molecule has 0 amide bonds. The van der Waals surface area contributed by atoms with Crippen molar-refractivity contribution in [2.45, 2.75) is 0 Å². The molecule has 84 valence electrons. The molecule has 0 spiro atoms. The molecule has 17 heavy (non-hydrogen) atoms. The van der Waals surface area contributed by atoms with Crippen molar-refractivity contribution >= 4 is 11.4 Å². The van der Waals surface area contributed by atoms with Crippen LogP contribution >= 0.6 is 0 Å². The van der Waals surface area contributed by atoms with Crippen LogP contribution in [0.1, 0.15) is 5.56 Å². The highest BCUT2D eigenvalue weighted by molar-refractivity contribution is 5.67. The van der Waals surface area contributed by atoms with Crippen molar-refractivity contribution in [3.63, 3.8) is 0 Å². The lowest BCUT2D eigenvalue weighted by atomic mass is 10.2. The first kappa shape index (κ1) is 11.2. The average molecular weight is 229 g/mol. The minimum atomic E-state index is -0.656. The number of benzene rings is 2. The summed E-state index contributed by atoms with van der Waals surface area (Å²) in [6.07, 6.45) is 5.32. The van der Waals surface area contributed by atoms with Gasteiger partial charge in [-0.05, 0) is 24.3 Å². The number of hydrogen-bond acceptors (Lipinski definition) is 1. The van der Waals surface area contributed by atoms with Gasteiger partial charge in [-0.15, -0.1) is 6.42 Å². The summed E-state index contributed by atoms with van der Waals surface area (Å²) in [5.41, 5.74) is 1.42. The topological polar surface area (TPSA) is 12.0 Å². The first-order valence-electron chi connectivity index (χ1n) is 4.98. The zero-order chi connectivity index (χ0) is 12.3. The highest BCUT2D eigenvalue weighted by atomic mass is 19.1. The Labute approximate surface area is 98.1 Å². The van der Waals surface area contributed by atoms with Crippen molar-refractivity contribution in [1.82, 2.24) is 0 Å². The predicted octanol–water partition coefficient (Wildman–Crippen LogP) is 3.69. The van der Waals surface area contributed by atoms with E-state index < -0.39 is 11.6 Å². The van der Waals surface area contributed by atoms with Crippen molar-refractivity contribution in [1.29, 1.82) is 0 Å². The zero-order valence-electron chi connectivity index (χ0n) is 8.87. The molecule has 1 N–H and O–H groups in total. The molecule has 2 aromatic rings. The van der Waals surface area contributed by atoms with E-state index in [4.69, 9.17) is 6.42 Å². The third-order valence-electron chi connectivity index (χ3n) is 2.28. The molecule has 0 radical (unpaired) electrons. The van der Waals surface area contributed by atoms with Crippen LogP contribution in [0.4, 0.5) is 20.2 Å². The number of nitrogens with one attached hydrogen (secondary N) is 1. The summed E-state index contributed by atoms with van der Waals surface area (Å²) in [5, 5.41) is 2.83. The van der Waals surface area contributed by atoms with Gasteiger partial charge in [0.05, 0.1) is 11.4 Å². The Bertz CT molecular complexity index is 585. The molecule has 0 heterocycles. The Hall–Kier alpha value is -2.34. The molecule has 0 saturated carbocycles. The number of anilines is 2. The molecular formula is C14H9F2N. The second-order valence-corrected chi connectivity index (χ2v) is 3.44. The van der Waals surface area contributed by atoms with Crippen LogP contribution in [0.5, 0.6) is 0 Å². The molecule has 3 heteroatoms. The summed E-state index contributed by atoms with van der Waals surface area (Å²) in [6, 6.07) is 10.4. The van der Waals surface area contributed by atoms with Crippen molar-refractivity contribution < 1.29 is 8.78 Å². The van der Waals surface area contributed by atoms with Gasteiger partial charge in [0.15, 0.2) is 0 Å². The maximum Gasteiger partial charge on any atom is 0.149 e. The molecule has 2 rings (SSSR count). The second kappa shape index (κ2) is 4.67. The largest absolute Gasteiger partial charge is 0.352 e. The lowest BCUT2D eigenvalue weighted by molar-refractivity contribution is 0.586. The standard InChI is InChI=1S/C14H9F2N/c1-2-10-5-3-4-6-13(10)17-14-8-7-11(15)9-12(14)16/h1,3-9,17H. The molecule has 0 unspecified atom stereocenters. The van der Waals surface area contributed by atoms with Gasteiger partial charge in [0.2, 0.25) is 0 Å². The molecular weight excluding hydrogens is 220 g/mol. The van der Waals surface area contributed by atoms with E-state index in [0.29, 0.717) is 11.3 Å². The number of rotatable bonds is 2. The molecule has 0 atom stereocenters. The van der Waals surface area contributed by atoms with E-state index in [1.54, 1.807) is 24.3 Å². The molecule has 0 aromatic heterocycles. The zero-order valence-corrected chi connectivity index (χ0v) is 8.87. The third kappa shape index (κ3) is 2.43. The Morgan fingerprint density at radius 2 is 1.76 bits per heavy atom. The predicted molar refractivity (Wildman–Crippen MR) is 64.0 cm³/mol. The van der Waals surface area contributed by atoms with Gasteiger partial charge in [0.1, 0.15) is 11.6 Å². The van der Waals surface area contributed by atoms with Gasteiger partial charge in [-0.3, -0.25) is 0 Å². The fourth-order valence-corrected chi connectivity index (χ4v) is 1.45. The minimum Gasteiger partial charge on any atom is -0.352 e. The second-order valence-electron chi connectivity index (χ2n) is 3.44. The first-order valence-corrected chi connectivity index (χ1v) is 4.98. The smallest absolute Gasteiger partial charge is 0.149 e. The van der Waals surface area contributed by atoms with Gasteiger partial charge in [-0.2, -0.15) is 0 Å². The van der Waals surface area contributed by atoms with Gasteiger partial charge in [0.25, 0.3) is 0 Å². The Kier molecular flexibility index (Phi) is 3.06. The lowest BCUT2D eigenvalue weighted by Crippen LogP contribution is -1.96. The number of para-hydroxylation sites is 1. The number of halogens is 2. The average Bonchev–Trinajstić information content (AvgIpc) is 2.33. The van der Waals surface area contributed by atoms with Crippen molar-refractivity contribution in [3.05, 3.63) is 59.7 Å². The Morgan fingerprint density at radius 3 is 2.47 bits per heavy atom. The maximum atomic E-state index is 13.4. The summed E-state index contributed by atoms with van der Waals surface area (Å²) in [7, 11) is 0. The fourth-order valence-electron chi connectivity index (χ4n) is 1.45. The molecule has 0 aliphatic carbocycles. The first-order chi connectivity index (χ1) is 8.20. The molecule has 2 aromatic carbocycles. The Morgan fingerprint density at radius 1 is 1.00 bits per heavy atom. The van der Waals surface area contributed by atoms with Crippen LogP contribution in [0.2, 0.25) is 0 Å². The summed E-state index contributed by atoms with van der Waals surface area (Å²) in [4.78, 5) is 0. The fraction of sp³-hybridized carbons (Fsp3) is 0. The summed E-state index contributed by atoms with van der Waals surface area (Å²) in [6.45, 7) is 0. The summed E-state index contributed by atoms with van der Waals surface area (Å²) in [5.74, 6) is 1.22. The van der Waals surface area contributed by atoms with Crippen LogP contribution < -0.4 is 5.32 Å². The molecule has 0 fully saturated rings. The summed E-state index contributed by atoms with van der Waals surface area (Å²) < 4.78 is 26.1. The highest BCUT2D eigenvalue weighted by Gasteiger charge is 2.05. The van der Waals surface area contributed by atoms with Gasteiger partial charge in [0, 0.05) is 11.6 Å². The summed E-state index contributed by atoms with van der Waals surface area (Å²) >= 11 is 0. The highest BCUT2D eigenvalue weighted by Crippen LogP contribution is 2.22. The van der Waals surface area contributed by atoms with E-state index in [-0.39, 0.29) is 5.69 Å². The van der Waals surface area contributed by atoms with Crippen molar-refractivity contribution in [2.24, 2.45) is 0 Å². The van der Waals surface area contributed by atoms with Crippen molar-refractivity contribution in [3.8, 4) is 12.3 Å². The van der Waals surface area contributed by atoms with Crippen LogP contribution in [0.15, 0.2) is 42.5 Å². The molecule has 0 saturated heterocycles. The SMILES string of the molecule is C#Cc1ccccc1Nc1ccc(F)cc1F. The van der Waals surface area contributed by atoms with E-state index in [1.165, 1.54) is 12.1 Å². The maximum absolute atomic E-state index is 13.4. The number of terminal acetylenes is 1. The van der Waals surface area contributed by atoms with Gasteiger partial charge < -0.3 is 5.32 Å². The van der Waals surface area contributed by atoms with E-state index in [2.05, 4.69) is 11.2 Å². The van der Waals surface area contributed by atoms with Gasteiger partial charge in [-0.25, -0.2) is 8.78 Å². The van der Waals surface area contributed by atoms with Crippen LogP contribution in [0.25, 0.3) is 0 Å². The van der Waals surface area contributed by atoms with Crippen LogP contribution in [0, 0.1) is 24.0 Å². The molecule has 0 bridgehead atoms. The van der Waals surface area contributed by atoms with Gasteiger partial charge in [-0.1, -0.05) is 18.1 Å². The quantitative estimate of drug-likeness (QED) is 0.774. The number of hydrogen-bond donors (Lipinski definition) is 1. The van der Waals surface area contributed by atoms with Crippen LogP contribution in [0.3, 0.4) is 0 Å². The van der Waals surface area contributed by atoms with E-state index in [9.17, 15) is 8.78 Å². The molecule has 1 nitrogen and oxygen atoms in total. The molecule has 0 aliphatic rings. The monoisotopic (exact) mass is 229 g/mol. The van der Waals surface area contributed by atoms with E-state index in [1.807, 2.05) is 0 Å². The molecule has 0 aliphatic heterocycles.